The quantitative estimate of drug-likeness (QED) is 0.903. The molecule has 106 valence electrons. The van der Waals surface area contributed by atoms with Gasteiger partial charge in [-0.3, -0.25) is 0 Å². The molecule has 1 N–H and O–H groups in total. The monoisotopic (exact) mass is 262 g/mol. The van der Waals surface area contributed by atoms with Gasteiger partial charge in [0.15, 0.2) is 0 Å². The van der Waals surface area contributed by atoms with Gasteiger partial charge < -0.3 is 15.0 Å². The molecule has 0 aromatic heterocycles. The highest BCUT2D eigenvalue weighted by Crippen LogP contribution is 2.28. The van der Waals surface area contributed by atoms with Gasteiger partial charge in [0, 0.05) is 25.3 Å². The van der Waals surface area contributed by atoms with E-state index < -0.39 is 0 Å². The van der Waals surface area contributed by atoms with Crippen molar-refractivity contribution in [2.45, 2.75) is 45.9 Å². The van der Waals surface area contributed by atoms with Crippen LogP contribution in [0.4, 0.5) is 5.69 Å². The van der Waals surface area contributed by atoms with Crippen LogP contribution in [-0.4, -0.2) is 31.3 Å². The van der Waals surface area contributed by atoms with Crippen molar-refractivity contribution in [3.8, 4) is 0 Å². The van der Waals surface area contributed by atoms with Gasteiger partial charge in [-0.25, -0.2) is 0 Å². The molecule has 3 nitrogen and oxygen atoms in total. The SMILES string of the molecule is CCNCc1ccccc1N1CC(C)OC(C)(C)C1. The number of morpholine rings is 1. The minimum atomic E-state index is -0.0804. The van der Waals surface area contributed by atoms with Crippen LogP contribution in [0.3, 0.4) is 0 Å². The van der Waals surface area contributed by atoms with Gasteiger partial charge in [0.25, 0.3) is 0 Å². The molecule has 1 aromatic rings. The summed E-state index contributed by atoms with van der Waals surface area (Å²) in [7, 11) is 0. The molecule has 0 amide bonds. The highest BCUT2D eigenvalue weighted by atomic mass is 16.5. The first-order valence-electron chi connectivity index (χ1n) is 7.23. The molecule has 1 heterocycles. The van der Waals surface area contributed by atoms with Gasteiger partial charge in [0.05, 0.1) is 11.7 Å². The molecule has 0 spiro atoms. The number of para-hydroxylation sites is 1. The number of hydrogen-bond acceptors (Lipinski definition) is 3. The summed E-state index contributed by atoms with van der Waals surface area (Å²) in [5.41, 5.74) is 2.63. The molecule has 19 heavy (non-hydrogen) atoms. The van der Waals surface area contributed by atoms with E-state index in [4.69, 9.17) is 4.74 Å². The number of nitrogens with zero attached hydrogens (tertiary/aromatic N) is 1. The maximum absolute atomic E-state index is 5.99. The molecule has 0 bridgehead atoms. The topological polar surface area (TPSA) is 24.5 Å². The number of anilines is 1. The van der Waals surface area contributed by atoms with Crippen LogP contribution in [0.15, 0.2) is 24.3 Å². The fourth-order valence-corrected chi connectivity index (χ4v) is 2.87. The van der Waals surface area contributed by atoms with Gasteiger partial charge in [-0.2, -0.15) is 0 Å². The fraction of sp³-hybridized carbons (Fsp3) is 0.625. The van der Waals surface area contributed by atoms with Crippen molar-refractivity contribution in [3.63, 3.8) is 0 Å². The first-order chi connectivity index (χ1) is 9.02. The summed E-state index contributed by atoms with van der Waals surface area (Å²) in [5.74, 6) is 0. The van der Waals surface area contributed by atoms with Crippen LogP contribution in [0, 0.1) is 0 Å². The maximum atomic E-state index is 5.99. The van der Waals surface area contributed by atoms with Crippen molar-refractivity contribution in [2.75, 3.05) is 24.5 Å². The minimum absolute atomic E-state index is 0.0804. The molecular formula is C16H26N2O. The molecule has 3 heteroatoms. The number of rotatable bonds is 4. The van der Waals surface area contributed by atoms with Crippen molar-refractivity contribution in [2.24, 2.45) is 0 Å². The van der Waals surface area contributed by atoms with E-state index in [9.17, 15) is 0 Å². The van der Waals surface area contributed by atoms with E-state index in [0.717, 1.165) is 26.2 Å². The summed E-state index contributed by atoms with van der Waals surface area (Å²) in [5, 5.41) is 3.42. The summed E-state index contributed by atoms with van der Waals surface area (Å²) in [6.07, 6.45) is 0.274. The van der Waals surface area contributed by atoms with Gasteiger partial charge in [-0.15, -0.1) is 0 Å². The second-order valence-corrected chi connectivity index (χ2v) is 5.98. The van der Waals surface area contributed by atoms with E-state index in [1.165, 1.54) is 11.3 Å². The van der Waals surface area contributed by atoms with Crippen molar-refractivity contribution >= 4 is 5.69 Å². The van der Waals surface area contributed by atoms with Gasteiger partial charge in [-0.05, 0) is 38.9 Å². The van der Waals surface area contributed by atoms with Gasteiger partial charge in [-0.1, -0.05) is 25.1 Å². The van der Waals surface area contributed by atoms with Crippen molar-refractivity contribution in [1.29, 1.82) is 0 Å². The summed E-state index contributed by atoms with van der Waals surface area (Å²) in [6.45, 7) is 12.5. The lowest BCUT2D eigenvalue weighted by Gasteiger charge is -2.43. The third-order valence-electron chi connectivity index (χ3n) is 3.47. The Labute approximate surface area is 116 Å². The molecule has 0 aliphatic carbocycles. The Morgan fingerprint density at radius 3 is 2.79 bits per heavy atom. The summed E-state index contributed by atoms with van der Waals surface area (Å²) in [6, 6.07) is 8.68. The largest absolute Gasteiger partial charge is 0.369 e. The molecular weight excluding hydrogens is 236 g/mol. The predicted molar refractivity (Wildman–Crippen MR) is 80.7 cm³/mol. The first kappa shape index (κ1) is 14.4. The zero-order chi connectivity index (χ0) is 13.9. The van der Waals surface area contributed by atoms with Crippen molar-refractivity contribution in [3.05, 3.63) is 29.8 Å². The Morgan fingerprint density at radius 2 is 2.11 bits per heavy atom. The van der Waals surface area contributed by atoms with E-state index in [0.29, 0.717) is 0 Å². The van der Waals surface area contributed by atoms with Crippen LogP contribution >= 0.6 is 0 Å². The number of nitrogens with one attached hydrogen (secondary N) is 1. The molecule has 1 aliphatic rings. The Balaban J connectivity index is 2.20. The van der Waals surface area contributed by atoms with E-state index in [1.54, 1.807) is 0 Å². The van der Waals surface area contributed by atoms with E-state index in [-0.39, 0.29) is 11.7 Å². The zero-order valence-electron chi connectivity index (χ0n) is 12.6. The summed E-state index contributed by atoms with van der Waals surface area (Å²) < 4.78 is 5.99. The van der Waals surface area contributed by atoms with Crippen molar-refractivity contribution < 1.29 is 4.74 Å². The van der Waals surface area contributed by atoms with Crippen LogP contribution < -0.4 is 10.2 Å². The average Bonchev–Trinajstić information content (AvgIpc) is 2.34. The lowest BCUT2D eigenvalue weighted by Crippen LogP contribution is -2.52. The van der Waals surface area contributed by atoms with Crippen LogP contribution in [0.25, 0.3) is 0 Å². The molecule has 0 saturated carbocycles. The second-order valence-electron chi connectivity index (χ2n) is 5.98. The zero-order valence-corrected chi connectivity index (χ0v) is 12.6. The first-order valence-corrected chi connectivity index (χ1v) is 7.23. The van der Waals surface area contributed by atoms with E-state index >= 15 is 0 Å². The van der Waals surface area contributed by atoms with Crippen LogP contribution in [0.1, 0.15) is 33.3 Å². The molecule has 1 aliphatic heterocycles. The minimum Gasteiger partial charge on any atom is -0.369 e. The normalized spacial score (nSPS) is 22.5. The number of ether oxygens (including phenoxy) is 1. The molecule has 1 fully saturated rings. The van der Waals surface area contributed by atoms with Crippen LogP contribution in [0.2, 0.25) is 0 Å². The lowest BCUT2D eigenvalue weighted by molar-refractivity contribution is -0.0750. The maximum Gasteiger partial charge on any atom is 0.0805 e. The molecule has 1 saturated heterocycles. The van der Waals surface area contributed by atoms with Crippen LogP contribution in [0.5, 0.6) is 0 Å². The second kappa shape index (κ2) is 5.93. The van der Waals surface area contributed by atoms with Crippen LogP contribution in [-0.2, 0) is 11.3 Å². The fourth-order valence-electron chi connectivity index (χ4n) is 2.87. The molecule has 1 unspecified atom stereocenters. The third-order valence-corrected chi connectivity index (χ3v) is 3.47. The number of hydrogen-bond donors (Lipinski definition) is 1. The summed E-state index contributed by atoms with van der Waals surface area (Å²) >= 11 is 0. The van der Waals surface area contributed by atoms with Gasteiger partial charge in [0.1, 0.15) is 0 Å². The Hall–Kier alpha value is -1.06. The average molecular weight is 262 g/mol. The highest BCUT2D eigenvalue weighted by Gasteiger charge is 2.31. The predicted octanol–water partition coefficient (Wildman–Crippen LogP) is 2.80. The van der Waals surface area contributed by atoms with E-state index in [2.05, 4.69) is 62.2 Å². The third kappa shape index (κ3) is 3.71. The molecule has 0 radical (unpaired) electrons. The van der Waals surface area contributed by atoms with Gasteiger partial charge in [0.2, 0.25) is 0 Å². The standard InChI is InChI=1S/C16H26N2O/c1-5-17-10-14-8-6-7-9-15(14)18-11-13(2)19-16(3,4)12-18/h6-9,13,17H,5,10-12H2,1-4H3. The van der Waals surface area contributed by atoms with E-state index in [1.807, 2.05) is 0 Å². The molecule has 1 aromatic carbocycles. The highest BCUT2D eigenvalue weighted by molar-refractivity contribution is 5.54. The molecule has 1 atom stereocenters. The Kier molecular flexibility index (Phi) is 4.48. The number of benzene rings is 1. The summed E-state index contributed by atoms with van der Waals surface area (Å²) in [4.78, 5) is 2.46. The Bertz CT molecular complexity index is 417. The Morgan fingerprint density at radius 1 is 1.37 bits per heavy atom. The van der Waals surface area contributed by atoms with Gasteiger partial charge >= 0.3 is 0 Å². The lowest BCUT2D eigenvalue weighted by atomic mass is 10.0. The van der Waals surface area contributed by atoms with Crippen molar-refractivity contribution in [1.82, 2.24) is 5.32 Å². The smallest absolute Gasteiger partial charge is 0.0805 e. The molecule has 2 rings (SSSR count).